The molecule has 0 aliphatic rings. The lowest BCUT2D eigenvalue weighted by Gasteiger charge is -2.23. The third kappa shape index (κ3) is 4.48. The number of anilines is 1. The maximum Gasteiger partial charge on any atom is 0.260 e. The summed E-state index contributed by atoms with van der Waals surface area (Å²) in [4.78, 5) is 28.6. The van der Waals surface area contributed by atoms with E-state index >= 15 is 0 Å². The number of aromatic nitrogens is 1. The monoisotopic (exact) mass is 420 g/mol. The molecule has 0 radical (unpaired) electrons. The molecule has 6 nitrogen and oxygen atoms in total. The smallest absolute Gasteiger partial charge is 0.260 e. The van der Waals surface area contributed by atoms with Gasteiger partial charge in [-0.2, -0.15) is 0 Å². The Hall–Kier alpha value is -3.54. The first kappa shape index (κ1) is 22.2. The van der Waals surface area contributed by atoms with Crippen molar-refractivity contribution in [3.63, 3.8) is 0 Å². The predicted octanol–water partition coefficient (Wildman–Crippen LogP) is 4.51. The molecule has 0 N–H and O–H groups in total. The predicted molar refractivity (Wildman–Crippen MR) is 124 cm³/mol. The summed E-state index contributed by atoms with van der Waals surface area (Å²) in [6.45, 7) is 8.69. The summed E-state index contributed by atoms with van der Waals surface area (Å²) in [5.74, 6) is 0.913. The van der Waals surface area contributed by atoms with Crippen LogP contribution in [-0.2, 0) is 6.54 Å². The maximum absolute atomic E-state index is 13.7. The third-order valence-corrected chi connectivity index (χ3v) is 5.01. The van der Waals surface area contributed by atoms with Crippen LogP contribution in [-0.4, -0.2) is 31.2 Å². The Morgan fingerprint density at radius 2 is 1.71 bits per heavy atom. The highest BCUT2D eigenvalue weighted by molar-refractivity contribution is 6.14. The minimum Gasteiger partial charge on any atom is -0.493 e. The molecule has 6 heteroatoms. The van der Waals surface area contributed by atoms with E-state index in [2.05, 4.69) is 6.58 Å². The number of nitrogens with zero attached hydrogens (tertiary/aromatic N) is 2. The summed E-state index contributed by atoms with van der Waals surface area (Å²) >= 11 is 0. The Kier molecular flexibility index (Phi) is 6.80. The Balaban J connectivity index is 2.30. The molecule has 0 fully saturated rings. The van der Waals surface area contributed by atoms with Gasteiger partial charge in [-0.3, -0.25) is 9.59 Å². The van der Waals surface area contributed by atoms with Crippen LogP contribution in [0.3, 0.4) is 0 Å². The molecule has 0 spiro atoms. The van der Waals surface area contributed by atoms with E-state index in [0.717, 1.165) is 5.69 Å². The number of para-hydroxylation sites is 1. The number of benzene rings is 2. The van der Waals surface area contributed by atoms with Gasteiger partial charge in [-0.1, -0.05) is 38.1 Å². The lowest BCUT2D eigenvalue weighted by Crippen LogP contribution is -2.33. The van der Waals surface area contributed by atoms with Gasteiger partial charge >= 0.3 is 0 Å². The normalized spacial score (nSPS) is 10.9. The first-order valence-electron chi connectivity index (χ1n) is 10.2. The number of ether oxygens (including phenoxy) is 2. The van der Waals surface area contributed by atoms with E-state index in [-0.39, 0.29) is 17.4 Å². The van der Waals surface area contributed by atoms with Crippen LogP contribution in [0.1, 0.15) is 24.2 Å². The van der Waals surface area contributed by atoms with Crippen LogP contribution in [0, 0.1) is 5.92 Å². The minimum absolute atomic E-state index is 0.170. The van der Waals surface area contributed by atoms with Gasteiger partial charge in [0.1, 0.15) is 0 Å². The summed E-state index contributed by atoms with van der Waals surface area (Å²) in [5, 5.41) is 0.938. The molecule has 3 rings (SSSR count). The fraction of sp³-hybridized carbons (Fsp3) is 0.280. The zero-order chi connectivity index (χ0) is 22.5. The molecule has 0 atom stereocenters. The second-order valence-corrected chi connectivity index (χ2v) is 7.69. The number of pyridine rings is 1. The number of methoxy groups -OCH3 is 2. The molecule has 0 saturated heterocycles. The molecule has 0 bridgehead atoms. The van der Waals surface area contributed by atoms with Gasteiger partial charge in [-0.05, 0) is 30.2 Å². The Morgan fingerprint density at radius 3 is 2.26 bits per heavy atom. The third-order valence-electron chi connectivity index (χ3n) is 5.01. The van der Waals surface area contributed by atoms with Crippen molar-refractivity contribution in [1.82, 2.24) is 4.57 Å². The van der Waals surface area contributed by atoms with Crippen LogP contribution < -0.4 is 19.9 Å². The molecule has 1 amide bonds. The van der Waals surface area contributed by atoms with E-state index in [0.29, 0.717) is 40.9 Å². The quantitative estimate of drug-likeness (QED) is 0.503. The van der Waals surface area contributed by atoms with Crippen LogP contribution >= 0.6 is 0 Å². The fourth-order valence-electron chi connectivity index (χ4n) is 3.60. The number of hydrogen-bond acceptors (Lipinski definition) is 4. The van der Waals surface area contributed by atoms with E-state index in [1.165, 1.54) is 14.2 Å². The largest absolute Gasteiger partial charge is 0.493 e. The molecule has 31 heavy (non-hydrogen) atoms. The van der Waals surface area contributed by atoms with Gasteiger partial charge in [-0.15, -0.1) is 6.58 Å². The van der Waals surface area contributed by atoms with Gasteiger partial charge in [-0.25, -0.2) is 0 Å². The molecule has 1 aromatic heterocycles. The van der Waals surface area contributed by atoms with E-state index < -0.39 is 0 Å². The minimum atomic E-state index is -0.221. The standard InChI is InChI=1S/C25H28N2O4/c1-6-12-27(18-10-8-7-9-11-18)25(29)21-16-26(15-17(2)3)24(28)20-14-23(31-5)22(30-4)13-19(20)21/h6-11,13-14,16-17H,1,12,15H2,2-5H3. The molecule has 0 saturated carbocycles. The summed E-state index contributed by atoms with van der Waals surface area (Å²) < 4.78 is 12.4. The van der Waals surface area contributed by atoms with Gasteiger partial charge in [0.2, 0.25) is 0 Å². The van der Waals surface area contributed by atoms with Crippen LogP contribution in [0.4, 0.5) is 5.69 Å². The summed E-state index contributed by atoms with van der Waals surface area (Å²) in [6, 6.07) is 12.7. The van der Waals surface area contributed by atoms with E-state index in [4.69, 9.17) is 9.47 Å². The molecule has 2 aromatic carbocycles. The van der Waals surface area contributed by atoms with E-state index in [1.54, 1.807) is 33.9 Å². The van der Waals surface area contributed by atoms with Crippen LogP contribution in [0.5, 0.6) is 11.5 Å². The number of hydrogen-bond donors (Lipinski definition) is 0. The van der Waals surface area contributed by atoms with Crippen molar-refractivity contribution in [3.05, 3.63) is 77.2 Å². The van der Waals surface area contributed by atoms with Gasteiger partial charge in [0.25, 0.3) is 11.5 Å². The Bertz CT molecular complexity index is 1150. The van der Waals surface area contributed by atoms with Crippen molar-refractivity contribution in [2.75, 3.05) is 25.7 Å². The number of rotatable bonds is 8. The number of carbonyl (C=O) groups is 1. The topological polar surface area (TPSA) is 60.8 Å². The van der Waals surface area contributed by atoms with E-state index in [9.17, 15) is 9.59 Å². The van der Waals surface area contributed by atoms with Crippen LogP contribution in [0.15, 0.2) is 66.1 Å². The highest BCUT2D eigenvalue weighted by Gasteiger charge is 2.23. The van der Waals surface area contributed by atoms with Crippen LogP contribution in [0.2, 0.25) is 0 Å². The zero-order valence-corrected chi connectivity index (χ0v) is 18.4. The highest BCUT2D eigenvalue weighted by atomic mass is 16.5. The summed E-state index contributed by atoms with van der Waals surface area (Å²) in [6.07, 6.45) is 3.33. The van der Waals surface area contributed by atoms with Crippen molar-refractivity contribution in [2.24, 2.45) is 5.92 Å². The first-order chi connectivity index (χ1) is 14.9. The van der Waals surface area contributed by atoms with Crippen molar-refractivity contribution in [1.29, 1.82) is 0 Å². The van der Waals surface area contributed by atoms with Crippen molar-refractivity contribution >= 4 is 22.4 Å². The zero-order valence-electron chi connectivity index (χ0n) is 18.4. The summed E-state index contributed by atoms with van der Waals surface area (Å²) in [7, 11) is 3.05. The van der Waals surface area contributed by atoms with Crippen molar-refractivity contribution in [3.8, 4) is 11.5 Å². The molecule has 162 valence electrons. The fourth-order valence-corrected chi connectivity index (χ4v) is 3.60. The Morgan fingerprint density at radius 1 is 1.10 bits per heavy atom. The molecule has 1 heterocycles. The Labute approximate surface area is 182 Å². The molecule has 0 aliphatic carbocycles. The second kappa shape index (κ2) is 9.51. The van der Waals surface area contributed by atoms with Gasteiger partial charge in [0.15, 0.2) is 11.5 Å². The SMILES string of the molecule is C=CCN(C(=O)c1cn(CC(C)C)c(=O)c2cc(OC)c(OC)cc12)c1ccccc1. The van der Waals surface area contributed by atoms with Gasteiger partial charge < -0.3 is 18.9 Å². The molecular weight excluding hydrogens is 392 g/mol. The van der Waals surface area contributed by atoms with Crippen LogP contribution in [0.25, 0.3) is 10.8 Å². The van der Waals surface area contributed by atoms with Crippen molar-refractivity contribution < 1.29 is 14.3 Å². The average Bonchev–Trinajstić information content (AvgIpc) is 2.78. The molecule has 0 aliphatic heterocycles. The van der Waals surface area contributed by atoms with Gasteiger partial charge in [0, 0.05) is 30.4 Å². The van der Waals surface area contributed by atoms with Gasteiger partial charge in [0.05, 0.1) is 25.2 Å². The average molecular weight is 421 g/mol. The van der Waals surface area contributed by atoms with E-state index in [1.807, 2.05) is 44.2 Å². The maximum atomic E-state index is 13.7. The van der Waals surface area contributed by atoms with Crippen molar-refractivity contribution in [2.45, 2.75) is 20.4 Å². The molecule has 3 aromatic rings. The number of amides is 1. The second-order valence-electron chi connectivity index (χ2n) is 7.69. The molecular formula is C25H28N2O4. The number of carbonyl (C=O) groups excluding carboxylic acids is 1. The first-order valence-corrected chi connectivity index (χ1v) is 10.2. The highest BCUT2D eigenvalue weighted by Crippen LogP contribution is 2.33. The summed E-state index contributed by atoms with van der Waals surface area (Å²) in [5.41, 5.74) is 1.00. The number of fused-ring (bicyclic) bond motifs is 1. The lowest BCUT2D eigenvalue weighted by atomic mass is 10.0. The molecule has 0 unspecified atom stereocenters. The lowest BCUT2D eigenvalue weighted by molar-refractivity contribution is 0.0990.